The van der Waals surface area contributed by atoms with Crippen molar-refractivity contribution in [3.05, 3.63) is 41.9 Å². The number of halogens is 1. The number of benzene rings is 1. The average molecular weight is 393 g/mol. The smallest absolute Gasteiger partial charge is 0.408 e. The summed E-state index contributed by atoms with van der Waals surface area (Å²) >= 11 is 6.29. The van der Waals surface area contributed by atoms with Crippen molar-refractivity contribution in [2.24, 2.45) is 0 Å². The molecule has 1 aromatic heterocycles. The van der Waals surface area contributed by atoms with Crippen molar-refractivity contribution in [1.82, 2.24) is 14.9 Å². The molecule has 0 radical (unpaired) electrons. The van der Waals surface area contributed by atoms with Gasteiger partial charge in [0, 0.05) is 30.0 Å². The summed E-state index contributed by atoms with van der Waals surface area (Å²) in [4.78, 5) is 28.3. The van der Waals surface area contributed by atoms with E-state index in [4.69, 9.17) is 16.3 Å². The van der Waals surface area contributed by atoms with Gasteiger partial charge in [0.2, 0.25) is 5.91 Å². The predicted molar refractivity (Wildman–Crippen MR) is 105 cm³/mol. The van der Waals surface area contributed by atoms with Crippen molar-refractivity contribution in [3.8, 4) is 5.69 Å². The van der Waals surface area contributed by atoms with E-state index >= 15 is 0 Å². The van der Waals surface area contributed by atoms with Gasteiger partial charge in [-0.2, -0.15) is 0 Å². The first-order chi connectivity index (χ1) is 12.5. The molecule has 2 aromatic rings. The molecule has 0 fully saturated rings. The van der Waals surface area contributed by atoms with Crippen LogP contribution < -0.4 is 10.6 Å². The van der Waals surface area contributed by atoms with E-state index in [0.29, 0.717) is 10.7 Å². The fourth-order valence-corrected chi connectivity index (χ4v) is 2.70. The van der Waals surface area contributed by atoms with Gasteiger partial charge in [-0.15, -0.1) is 0 Å². The third-order valence-corrected chi connectivity index (χ3v) is 3.76. The number of rotatable bonds is 5. The summed E-state index contributed by atoms with van der Waals surface area (Å²) in [5.74, 6) is -0.248. The summed E-state index contributed by atoms with van der Waals surface area (Å²) in [5.41, 5.74) is -0.0376. The maximum atomic E-state index is 12.4. The van der Waals surface area contributed by atoms with Crippen LogP contribution in [0.1, 0.15) is 41.0 Å². The second-order valence-corrected chi connectivity index (χ2v) is 8.28. The molecule has 0 unspecified atom stereocenters. The second-order valence-electron chi connectivity index (χ2n) is 7.87. The largest absolute Gasteiger partial charge is 0.444 e. The highest BCUT2D eigenvalue weighted by Gasteiger charge is 2.27. The first kappa shape index (κ1) is 20.8. The van der Waals surface area contributed by atoms with E-state index in [2.05, 4.69) is 15.6 Å². The van der Waals surface area contributed by atoms with Crippen LogP contribution in [0, 0.1) is 0 Å². The molecule has 27 heavy (non-hydrogen) atoms. The molecule has 2 amide bonds. The van der Waals surface area contributed by atoms with Crippen molar-refractivity contribution in [3.63, 3.8) is 0 Å². The van der Waals surface area contributed by atoms with Crippen molar-refractivity contribution in [1.29, 1.82) is 0 Å². The van der Waals surface area contributed by atoms with Crippen LogP contribution in [0.2, 0.25) is 5.02 Å². The van der Waals surface area contributed by atoms with Gasteiger partial charge in [0.05, 0.1) is 17.0 Å². The monoisotopic (exact) mass is 392 g/mol. The number of hydrogen-bond acceptors (Lipinski definition) is 4. The summed E-state index contributed by atoms with van der Waals surface area (Å²) in [6, 6.07) is 5.22. The minimum Gasteiger partial charge on any atom is -0.444 e. The van der Waals surface area contributed by atoms with Crippen LogP contribution >= 0.6 is 11.6 Å². The number of carbonyl (C=O) groups is 2. The zero-order valence-electron chi connectivity index (χ0n) is 16.2. The maximum Gasteiger partial charge on any atom is 0.408 e. The van der Waals surface area contributed by atoms with Crippen molar-refractivity contribution < 1.29 is 14.3 Å². The topological polar surface area (TPSA) is 85.3 Å². The summed E-state index contributed by atoms with van der Waals surface area (Å²) in [5, 5.41) is 5.99. The molecule has 0 atom stereocenters. The van der Waals surface area contributed by atoms with E-state index in [0.717, 1.165) is 5.69 Å². The molecule has 0 saturated heterocycles. The van der Waals surface area contributed by atoms with E-state index < -0.39 is 17.2 Å². The quantitative estimate of drug-likeness (QED) is 0.800. The number of anilines is 1. The number of hydrogen-bond donors (Lipinski definition) is 2. The molecule has 0 saturated carbocycles. The van der Waals surface area contributed by atoms with Crippen LogP contribution in [0.25, 0.3) is 5.69 Å². The Morgan fingerprint density at radius 3 is 2.48 bits per heavy atom. The summed E-state index contributed by atoms with van der Waals surface area (Å²) < 4.78 is 7.01. The van der Waals surface area contributed by atoms with Crippen molar-refractivity contribution >= 4 is 29.3 Å². The Morgan fingerprint density at radius 2 is 1.93 bits per heavy atom. The van der Waals surface area contributed by atoms with E-state index in [9.17, 15) is 9.59 Å². The molecule has 0 spiro atoms. The van der Waals surface area contributed by atoms with Gasteiger partial charge in [0.1, 0.15) is 5.60 Å². The lowest BCUT2D eigenvalue weighted by atomic mass is 10.0. The Balaban J connectivity index is 1.96. The van der Waals surface area contributed by atoms with Gasteiger partial charge in [-0.25, -0.2) is 9.78 Å². The Hall–Kier alpha value is -2.54. The van der Waals surface area contributed by atoms with E-state index in [1.807, 2.05) is 0 Å². The Bertz CT molecular complexity index is 811. The second kappa shape index (κ2) is 8.00. The van der Waals surface area contributed by atoms with Crippen molar-refractivity contribution in [2.45, 2.75) is 52.2 Å². The molecular formula is C19H25ClN4O3. The SMILES string of the molecule is CC(C)(CC(=O)Nc1ccc(-n2ccnc2)c(Cl)c1)NC(=O)OC(C)(C)C. The van der Waals surface area contributed by atoms with Gasteiger partial charge >= 0.3 is 6.09 Å². The van der Waals surface area contributed by atoms with Crippen LogP contribution in [0.4, 0.5) is 10.5 Å². The lowest BCUT2D eigenvalue weighted by Crippen LogP contribution is -2.47. The van der Waals surface area contributed by atoms with Gasteiger partial charge in [0.15, 0.2) is 0 Å². The molecule has 0 aliphatic heterocycles. The Morgan fingerprint density at radius 1 is 1.22 bits per heavy atom. The summed E-state index contributed by atoms with van der Waals surface area (Å²) in [6.45, 7) is 8.85. The highest BCUT2D eigenvalue weighted by molar-refractivity contribution is 6.32. The molecule has 146 valence electrons. The number of imidazole rings is 1. The first-order valence-corrected chi connectivity index (χ1v) is 8.92. The van der Waals surface area contributed by atoms with E-state index in [-0.39, 0.29) is 12.3 Å². The number of alkyl carbamates (subject to hydrolysis) is 1. The number of aromatic nitrogens is 2. The molecule has 0 aliphatic carbocycles. The fourth-order valence-electron chi connectivity index (χ4n) is 2.43. The Labute approximate surface area is 164 Å². The number of nitrogens with zero attached hydrogens (tertiary/aromatic N) is 2. The third-order valence-electron chi connectivity index (χ3n) is 3.46. The highest BCUT2D eigenvalue weighted by Crippen LogP contribution is 2.24. The summed E-state index contributed by atoms with van der Waals surface area (Å²) in [7, 11) is 0. The number of nitrogens with one attached hydrogen (secondary N) is 2. The third kappa shape index (κ3) is 6.60. The van der Waals surface area contributed by atoms with Gasteiger partial charge in [0.25, 0.3) is 0 Å². The lowest BCUT2D eigenvalue weighted by molar-refractivity contribution is -0.117. The van der Waals surface area contributed by atoms with E-state index in [1.54, 1.807) is 76.1 Å². The molecule has 1 heterocycles. The zero-order chi connectivity index (χ0) is 20.2. The van der Waals surface area contributed by atoms with Crippen LogP contribution in [0.15, 0.2) is 36.9 Å². The van der Waals surface area contributed by atoms with Crippen LogP contribution in [0.3, 0.4) is 0 Å². The minimum atomic E-state index is -0.771. The Kier molecular flexibility index (Phi) is 6.15. The van der Waals surface area contributed by atoms with Crippen LogP contribution in [0.5, 0.6) is 0 Å². The predicted octanol–water partition coefficient (Wildman–Crippen LogP) is 4.16. The molecular weight excluding hydrogens is 368 g/mol. The normalized spacial score (nSPS) is 11.8. The van der Waals surface area contributed by atoms with Gasteiger partial charge in [-0.05, 0) is 52.8 Å². The average Bonchev–Trinajstić information content (AvgIpc) is 2.97. The highest BCUT2D eigenvalue weighted by atomic mass is 35.5. The van der Waals surface area contributed by atoms with Gasteiger partial charge in [-0.1, -0.05) is 11.6 Å². The number of ether oxygens (including phenoxy) is 1. The molecule has 8 heteroatoms. The van der Waals surface area contributed by atoms with E-state index in [1.165, 1.54) is 0 Å². The summed E-state index contributed by atoms with van der Waals surface area (Å²) in [6.07, 6.45) is 4.60. The van der Waals surface area contributed by atoms with Crippen LogP contribution in [-0.2, 0) is 9.53 Å². The molecule has 2 rings (SSSR count). The van der Waals surface area contributed by atoms with Crippen LogP contribution in [-0.4, -0.2) is 32.7 Å². The lowest BCUT2D eigenvalue weighted by Gasteiger charge is -2.28. The zero-order valence-corrected chi connectivity index (χ0v) is 16.9. The van der Waals surface area contributed by atoms with Gasteiger partial charge < -0.3 is 19.9 Å². The standard InChI is InChI=1S/C19H25ClN4O3/c1-18(2,3)27-17(26)23-19(4,5)11-16(25)22-13-6-7-15(14(20)10-13)24-9-8-21-12-24/h6-10,12H,11H2,1-5H3,(H,22,25)(H,23,26). The van der Waals surface area contributed by atoms with Gasteiger partial charge in [-0.3, -0.25) is 4.79 Å². The minimum absolute atomic E-state index is 0.0765. The molecule has 0 aliphatic rings. The van der Waals surface area contributed by atoms with Crippen molar-refractivity contribution in [2.75, 3.05) is 5.32 Å². The number of amides is 2. The number of carbonyl (C=O) groups excluding carboxylic acids is 2. The maximum absolute atomic E-state index is 12.4. The fraction of sp³-hybridized carbons (Fsp3) is 0.421. The molecule has 0 bridgehead atoms. The first-order valence-electron chi connectivity index (χ1n) is 8.54. The molecule has 2 N–H and O–H groups in total. The molecule has 7 nitrogen and oxygen atoms in total. The molecule has 1 aromatic carbocycles.